The Bertz CT molecular complexity index is 695. The van der Waals surface area contributed by atoms with Crippen LogP contribution < -0.4 is 0 Å². The minimum absolute atomic E-state index is 0.252. The molecule has 0 radical (unpaired) electrons. The van der Waals surface area contributed by atoms with E-state index >= 15 is 0 Å². The normalized spacial score (nSPS) is 22.0. The number of hydrogen-bond acceptors (Lipinski definition) is 6. The zero-order valence-corrected chi connectivity index (χ0v) is 12.4. The van der Waals surface area contributed by atoms with Crippen LogP contribution in [0.15, 0.2) is 16.9 Å². The summed E-state index contributed by atoms with van der Waals surface area (Å²) in [5.41, 5.74) is 0.602. The van der Waals surface area contributed by atoms with Crippen LogP contribution in [0.1, 0.15) is 54.9 Å². The number of nitrogens with zero attached hydrogens (tertiary/aromatic N) is 6. The summed E-state index contributed by atoms with van der Waals surface area (Å²) in [5, 5.41) is 17.2. The molecule has 114 valence electrons. The second-order valence-corrected chi connectivity index (χ2v) is 6.06. The molecule has 2 aromatic heterocycles. The number of nitriles is 1. The van der Waals surface area contributed by atoms with Gasteiger partial charge in [-0.25, -0.2) is 0 Å². The Morgan fingerprint density at radius 3 is 3.00 bits per heavy atom. The molecule has 0 unspecified atom stereocenters. The van der Waals surface area contributed by atoms with Gasteiger partial charge in [0.25, 0.3) is 0 Å². The van der Waals surface area contributed by atoms with Crippen LogP contribution in [-0.2, 0) is 6.54 Å². The smallest absolute Gasteiger partial charge is 0.229 e. The molecule has 0 bridgehead atoms. The highest BCUT2D eigenvalue weighted by Crippen LogP contribution is 2.40. The van der Waals surface area contributed by atoms with Gasteiger partial charge in [-0.15, -0.1) is 0 Å². The second-order valence-electron chi connectivity index (χ2n) is 6.06. The van der Waals surface area contributed by atoms with Crippen molar-refractivity contribution in [2.75, 3.05) is 13.1 Å². The molecular weight excluding hydrogens is 280 g/mol. The van der Waals surface area contributed by atoms with E-state index in [0.29, 0.717) is 11.5 Å². The van der Waals surface area contributed by atoms with Crippen molar-refractivity contribution in [2.45, 2.75) is 44.2 Å². The first kappa shape index (κ1) is 13.5. The van der Waals surface area contributed by atoms with Gasteiger partial charge in [0.2, 0.25) is 5.89 Å². The van der Waals surface area contributed by atoms with Gasteiger partial charge in [0.15, 0.2) is 5.82 Å². The molecule has 1 saturated carbocycles. The lowest BCUT2D eigenvalue weighted by atomic mass is 10.2. The molecule has 0 spiro atoms. The minimum Gasteiger partial charge on any atom is -0.339 e. The molecular formula is C15H18N6O. The predicted octanol–water partition coefficient (Wildman–Crippen LogP) is 1.85. The van der Waals surface area contributed by atoms with E-state index in [-0.39, 0.29) is 6.04 Å². The molecule has 22 heavy (non-hydrogen) atoms. The third kappa shape index (κ3) is 2.62. The Morgan fingerprint density at radius 2 is 2.23 bits per heavy atom. The lowest BCUT2D eigenvalue weighted by Crippen LogP contribution is -2.28. The molecule has 1 atom stereocenters. The molecule has 7 heteroatoms. The van der Waals surface area contributed by atoms with Crippen LogP contribution >= 0.6 is 0 Å². The topological polar surface area (TPSA) is 83.8 Å². The van der Waals surface area contributed by atoms with E-state index in [9.17, 15) is 0 Å². The van der Waals surface area contributed by atoms with Gasteiger partial charge < -0.3 is 4.52 Å². The van der Waals surface area contributed by atoms with Crippen molar-refractivity contribution in [1.82, 2.24) is 24.8 Å². The first-order valence-corrected chi connectivity index (χ1v) is 7.83. The summed E-state index contributed by atoms with van der Waals surface area (Å²) in [4.78, 5) is 6.98. The average Bonchev–Trinajstić information content (AvgIpc) is 2.98. The maximum absolute atomic E-state index is 8.83. The molecule has 2 aliphatic rings. The van der Waals surface area contributed by atoms with E-state index in [1.165, 1.54) is 12.8 Å². The molecule has 2 fully saturated rings. The van der Waals surface area contributed by atoms with Gasteiger partial charge >= 0.3 is 0 Å². The molecule has 7 nitrogen and oxygen atoms in total. The SMILES string of the molecule is N#Cc1cnn(CCN2CCC[C@@H]2c2noc(C3CC3)n2)c1. The Hall–Kier alpha value is -2.20. The number of likely N-dealkylation sites (tertiary alicyclic amines) is 1. The fourth-order valence-corrected chi connectivity index (χ4v) is 3.04. The van der Waals surface area contributed by atoms with Gasteiger partial charge in [-0.1, -0.05) is 5.16 Å². The molecule has 0 aromatic carbocycles. The van der Waals surface area contributed by atoms with Crippen molar-refractivity contribution in [2.24, 2.45) is 0 Å². The number of rotatable bonds is 5. The standard InChI is InChI=1S/C15H18N6O/c16-8-11-9-17-21(10-11)7-6-20-5-1-2-13(20)14-18-15(22-19-14)12-3-4-12/h9-10,12-13H,1-7H2/t13-/m1/s1. The second kappa shape index (κ2) is 5.54. The molecule has 1 aliphatic carbocycles. The lowest BCUT2D eigenvalue weighted by Gasteiger charge is -2.21. The van der Waals surface area contributed by atoms with E-state index in [0.717, 1.165) is 44.2 Å². The van der Waals surface area contributed by atoms with Crippen molar-refractivity contribution < 1.29 is 4.52 Å². The largest absolute Gasteiger partial charge is 0.339 e. The van der Waals surface area contributed by atoms with Crippen molar-refractivity contribution in [3.63, 3.8) is 0 Å². The molecule has 0 amide bonds. The minimum atomic E-state index is 0.252. The Labute approximate surface area is 128 Å². The van der Waals surface area contributed by atoms with Crippen LogP contribution in [0.25, 0.3) is 0 Å². The molecule has 1 aliphatic heterocycles. The predicted molar refractivity (Wildman–Crippen MR) is 76.8 cm³/mol. The third-order valence-corrected chi connectivity index (χ3v) is 4.42. The van der Waals surface area contributed by atoms with Gasteiger partial charge in [0.05, 0.1) is 24.3 Å². The average molecular weight is 298 g/mol. The summed E-state index contributed by atoms with van der Waals surface area (Å²) < 4.78 is 7.21. The summed E-state index contributed by atoms with van der Waals surface area (Å²) in [6.45, 7) is 2.69. The Kier molecular flexibility index (Phi) is 3.39. The van der Waals surface area contributed by atoms with E-state index < -0.39 is 0 Å². The van der Waals surface area contributed by atoms with Gasteiger partial charge in [-0.2, -0.15) is 15.3 Å². The molecule has 3 heterocycles. The number of hydrogen-bond donors (Lipinski definition) is 0. The van der Waals surface area contributed by atoms with E-state index in [1.54, 1.807) is 12.4 Å². The summed E-state index contributed by atoms with van der Waals surface area (Å²) in [6, 6.07) is 2.35. The van der Waals surface area contributed by atoms with E-state index in [4.69, 9.17) is 9.78 Å². The van der Waals surface area contributed by atoms with Gasteiger partial charge in [-0.05, 0) is 32.2 Å². The fraction of sp³-hybridized carbons (Fsp3) is 0.600. The van der Waals surface area contributed by atoms with Crippen molar-refractivity contribution in [3.8, 4) is 6.07 Å². The van der Waals surface area contributed by atoms with Crippen LogP contribution in [0, 0.1) is 11.3 Å². The van der Waals surface area contributed by atoms with E-state index in [2.05, 4.69) is 26.2 Å². The van der Waals surface area contributed by atoms with Crippen LogP contribution in [-0.4, -0.2) is 37.9 Å². The zero-order valence-electron chi connectivity index (χ0n) is 12.4. The summed E-state index contributed by atoms with van der Waals surface area (Å²) in [6.07, 6.45) is 7.97. The van der Waals surface area contributed by atoms with Gasteiger partial charge in [0, 0.05) is 18.7 Å². The number of aromatic nitrogens is 4. The highest BCUT2D eigenvalue weighted by molar-refractivity contribution is 5.21. The van der Waals surface area contributed by atoms with E-state index in [1.807, 2.05) is 4.68 Å². The molecule has 1 saturated heterocycles. The fourth-order valence-electron chi connectivity index (χ4n) is 3.04. The Balaban J connectivity index is 1.40. The first-order valence-electron chi connectivity index (χ1n) is 7.83. The van der Waals surface area contributed by atoms with Crippen molar-refractivity contribution in [3.05, 3.63) is 29.7 Å². The molecule has 2 aromatic rings. The Morgan fingerprint density at radius 1 is 1.32 bits per heavy atom. The summed E-state index contributed by atoms with van der Waals surface area (Å²) in [7, 11) is 0. The molecule has 0 N–H and O–H groups in total. The van der Waals surface area contributed by atoms with Gasteiger partial charge in [0.1, 0.15) is 6.07 Å². The molecule has 4 rings (SSSR count). The zero-order chi connectivity index (χ0) is 14.9. The van der Waals surface area contributed by atoms with Crippen LogP contribution in [0.2, 0.25) is 0 Å². The maximum Gasteiger partial charge on any atom is 0.229 e. The van der Waals surface area contributed by atoms with Gasteiger partial charge in [-0.3, -0.25) is 9.58 Å². The third-order valence-electron chi connectivity index (χ3n) is 4.42. The van der Waals surface area contributed by atoms with Crippen molar-refractivity contribution in [1.29, 1.82) is 5.26 Å². The summed E-state index contributed by atoms with van der Waals surface area (Å²) in [5.74, 6) is 2.15. The monoisotopic (exact) mass is 298 g/mol. The van der Waals surface area contributed by atoms with Crippen LogP contribution in [0.5, 0.6) is 0 Å². The van der Waals surface area contributed by atoms with Crippen LogP contribution in [0.3, 0.4) is 0 Å². The maximum atomic E-state index is 8.83. The summed E-state index contributed by atoms with van der Waals surface area (Å²) >= 11 is 0. The van der Waals surface area contributed by atoms with Crippen molar-refractivity contribution >= 4 is 0 Å². The lowest BCUT2D eigenvalue weighted by molar-refractivity contribution is 0.230. The van der Waals surface area contributed by atoms with Crippen LogP contribution in [0.4, 0.5) is 0 Å². The highest BCUT2D eigenvalue weighted by Gasteiger charge is 2.34. The first-order chi connectivity index (χ1) is 10.8. The highest BCUT2D eigenvalue weighted by atomic mass is 16.5. The quantitative estimate of drug-likeness (QED) is 0.837.